The molecule has 2 aliphatic rings. The number of ether oxygens (including phenoxy) is 1. The summed E-state index contributed by atoms with van der Waals surface area (Å²) in [7, 11) is 0. The van der Waals surface area contributed by atoms with Gasteiger partial charge in [-0.15, -0.1) is 0 Å². The van der Waals surface area contributed by atoms with Crippen LogP contribution in [0.2, 0.25) is 0 Å². The highest BCUT2D eigenvalue weighted by atomic mass is 16.6. The molecule has 2 heterocycles. The highest BCUT2D eigenvalue weighted by Gasteiger charge is 2.34. The predicted molar refractivity (Wildman–Crippen MR) is 77.8 cm³/mol. The number of rotatable bonds is 2. The van der Waals surface area contributed by atoms with Gasteiger partial charge in [0.05, 0.1) is 11.4 Å². The molecule has 3 rings (SSSR count). The summed E-state index contributed by atoms with van der Waals surface area (Å²) in [6.07, 6.45) is 1.50. The molecule has 6 nitrogen and oxygen atoms in total. The van der Waals surface area contributed by atoms with E-state index in [2.05, 4.69) is 10.1 Å². The topological polar surface area (TPSA) is 71.3 Å². The van der Waals surface area contributed by atoms with Crippen LogP contribution in [0.5, 0.6) is 0 Å². The van der Waals surface area contributed by atoms with E-state index in [4.69, 9.17) is 4.74 Å². The fraction of sp³-hybridized carbons (Fsp3) is 0.200. The van der Waals surface area contributed by atoms with Crippen LogP contribution >= 0.6 is 0 Å². The molecule has 0 unspecified atom stereocenters. The molecule has 0 aliphatic carbocycles. The third kappa shape index (κ3) is 2.35. The number of cyclic esters (lactones) is 1. The maximum Gasteiger partial charge on any atom is 0.363 e. The molecule has 1 aromatic carbocycles. The molecule has 0 bridgehead atoms. The number of amides is 1. The number of carbonyl (C=O) groups is 2. The lowest BCUT2D eigenvalue weighted by Crippen LogP contribution is -2.26. The SMILES string of the molecule is CC1=N/C(=C\[C@H]2C(=O)N(c3ccccc3)N=C2C)C(=O)O1. The number of hydrogen-bond donors (Lipinski definition) is 0. The zero-order valence-electron chi connectivity index (χ0n) is 11.6. The Kier molecular flexibility index (Phi) is 3.13. The second kappa shape index (κ2) is 4.97. The van der Waals surface area contributed by atoms with Crippen molar-refractivity contribution >= 4 is 29.2 Å². The van der Waals surface area contributed by atoms with Gasteiger partial charge in [0.1, 0.15) is 11.6 Å². The molecule has 0 fully saturated rings. The Morgan fingerprint density at radius 2 is 1.90 bits per heavy atom. The molecule has 0 spiro atoms. The molecule has 2 aliphatic heterocycles. The molecule has 0 radical (unpaired) electrons. The normalized spacial score (nSPS) is 23.4. The molecular weight excluding hydrogens is 270 g/mol. The molecule has 106 valence electrons. The summed E-state index contributed by atoms with van der Waals surface area (Å²) in [4.78, 5) is 28.0. The Morgan fingerprint density at radius 3 is 2.52 bits per heavy atom. The summed E-state index contributed by atoms with van der Waals surface area (Å²) < 4.78 is 4.84. The number of aliphatic imine (C=N–C) groups is 1. The zero-order valence-corrected chi connectivity index (χ0v) is 11.6. The quantitative estimate of drug-likeness (QED) is 0.614. The van der Waals surface area contributed by atoms with Crippen molar-refractivity contribution in [3.8, 4) is 0 Å². The largest absolute Gasteiger partial charge is 0.407 e. The van der Waals surface area contributed by atoms with Crippen LogP contribution in [0.3, 0.4) is 0 Å². The van der Waals surface area contributed by atoms with Gasteiger partial charge >= 0.3 is 5.97 Å². The highest BCUT2D eigenvalue weighted by Crippen LogP contribution is 2.26. The summed E-state index contributed by atoms with van der Waals surface area (Å²) in [5.41, 5.74) is 1.45. The van der Waals surface area contributed by atoms with Crippen LogP contribution in [0.1, 0.15) is 13.8 Å². The number of hydrazone groups is 1. The Labute approximate surface area is 121 Å². The van der Waals surface area contributed by atoms with Gasteiger partial charge in [-0.2, -0.15) is 10.1 Å². The van der Waals surface area contributed by atoms with Gasteiger partial charge in [0, 0.05) is 6.92 Å². The molecule has 0 aromatic heterocycles. The van der Waals surface area contributed by atoms with Crippen molar-refractivity contribution in [1.82, 2.24) is 0 Å². The molecule has 1 atom stereocenters. The number of hydrogen-bond acceptors (Lipinski definition) is 5. The van der Waals surface area contributed by atoms with Crippen molar-refractivity contribution in [1.29, 1.82) is 0 Å². The molecular formula is C15H13N3O3. The second-order valence-corrected chi connectivity index (χ2v) is 4.78. The van der Waals surface area contributed by atoms with Gasteiger partial charge in [0.25, 0.3) is 5.91 Å². The van der Waals surface area contributed by atoms with Crippen LogP contribution in [0.15, 0.2) is 52.2 Å². The van der Waals surface area contributed by atoms with Crippen LogP contribution in [-0.4, -0.2) is 23.5 Å². The average Bonchev–Trinajstić information content (AvgIpc) is 2.93. The number of esters is 1. The predicted octanol–water partition coefficient (Wildman–Crippen LogP) is 1.88. The van der Waals surface area contributed by atoms with Gasteiger partial charge in [-0.3, -0.25) is 4.79 Å². The van der Waals surface area contributed by atoms with Crippen molar-refractivity contribution < 1.29 is 14.3 Å². The lowest BCUT2D eigenvalue weighted by Gasteiger charge is -2.12. The number of benzene rings is 1. The first-order chi connectivity index (χ1) is 10.1. The van der Waals surface area contributed by atoms with E-state index in [1.165, 1.54) is 11.1 Å². The maximum absolute atomic E-state index is 12.5. The first-order valence-corrected chi connectivity index (χ1v) is 6.49. The zero-order chi connectivity index (χ0) is 15.0. The third-order valence-corrected chi connectivity index (χ3v) is 3.24. The molecule has 21 heavy (non-hydrogen) atoms. The average molecular weight is 283 g/mol. The maximum atomic E-state index is 12.5. The van der Waals surface area contributed by atoms with Gasteiger partial charge in [0.15, 0.2) is 5.90 Å². The second-order valence-electron chi connectivity index (χ2n) is 4.78. The van der Waals surface area contributed by atoms with Crippen LogP contribution < -0.4 is 5.01 Å². The first kappa shape index (κ1) is 13.2. The van der Waals surface area contributed by atoms with Crippen molar-refractivity contribution in [2.24, 2.45) is 16.0 Å². The van der Waals surface area contributed by atoms with Crippen molar-refractivity contribution in [2.45, 2.75) is 13.8 Å². The molecule has 0 saturated carbocycles. The van der Waals surface area contributed by atoms with Crippen LogP contribution in [0, 0.1) is 5.92 Å². The van der Waals surface area contributed by atoms with Gasteiger partial charge < -0.3 is 4.74 Å². The van der Waals surface area contributed by atoms with E-state index in [-0.39, 0.29) is 17.5 Å². The van der Waals surface area contributed by atoms with Gasteiger partial charge in [0.2, 0.25) is 0 Å². The van der Waals surface area contributed by atoms with Gasteiger partial charge in [-0.05, 0) is 25.1 Å². The molecule has 6 heteroatoms. The Bertz CT molecular complexity index is 704. The fourth-order valence-corrected chi connectivity index (χ4v) is 2.21. The summed E-state index contributed by atoms with van der Waals surface area (Å²) >= 11 is 0. The monoisotopic (exact) mass is 283 g/mol. The van der Waals surface area contributed by atoms with E-state index in [1.807, 2.05) is 18.2 Å². The Morgan fingerprint density at radius 1 is 1.19 bits per heavy atom. The van der Waals surface area contributed by atoms with Crippen LogP contribution in [0.4, 0.5) is 5.69 Å². The van der Waals surface area contributed by atoms with Gasteiger partial charge in [-0.25, -0.2) is 9.79 Å². The molecule has 1 amide bonds. The van der Waals surface area contributed by atoms with Crippen molar-refractivity contribution in [2.75, 3.05) is 5.01 Å². The molecule has 0 N–H and O–H groups in total. The minimum atomic E-state index is -0.595. The number of carbonyl (C=O) groups excluding carboxylic acids is 2. The van der Waals surface area contributed by atoms with E-state index in [0.717, 1.165) is 0 Å². The third-order valence-electron chi connectivity index (χ3n) is 3.24. The Balaban J connectivity index is 1.90. The molecule has 1 aromatic rings. The first-order valence-electron chi connectivity index (χ1n) is 6.49. The van der Waals surface area contributed by atoms with E-state index in [0.29, 0.717) is 11.4 Å². The molecule has 0 saturated heterocycles. The fourth-order valence-electron chi connectivity index (χ4n) is 2.21. The minimum Gasteiger partial charge on any atom is -0.407 e. The Hall–Kier alpha value is -2.76. The number of para-hydroxylation sites is 1. The van der Waals surface area contributed by atoms with Crippen LogP contribution in [0.25, 0.3) is 0 Å². The summed E-state index contributed by atoms with van der Waals surface area (Å²) in [6, 6.07) is 9.14. The smallest absolute Gasteiger partial charge is 0.363 e. The lowest BCUT2D eigenvalue weighted by molar-refractivity contribution is -0.130. The number of nitrogens with zero attached hydrogens (tertiary/aromatic N) is 3. The summed E-state index contributed by atoms with van der Waals surface area (Å²) in [6.45, 7) is 3.34. The summed E-state index contributed by atoms with van der Waals surface area (Å²) in [5.74, 6) is -1.06. The van der Waals surface area contributed by atoms with Crippen molar-refractivity contribution in [3.63, 3.8) is 0 Å². The van der Waals surface area contributed by atoms with E-state index < -0.39 is 11.9 Å². The van der Waals surface area contributed by atoms with Crippen LogP contribution in [-0.2, 0) is 14.3 Å². The lowest BCUT2D eigenvalue weighted by atomic mass is 10.0. The highest BCUT2D eigenvalue weighted by molar-refractivity contribution is 6.17. The minimum absolute atomic E-state index is 0.148. The van der Waals surface area contributed by atoms with E-state index >= 15 is 0 Å². The number of anilines is 1. The van der Waals surface area contributed by atoms with E-state index in [9.17, 15) is 9.59 Å². The standard InChI is InChI=1S/C15H13N3O3/c1-9-12(8-13-15(20)21-10(2)16-13)14(19)18(17-9)11-6-4-3-5-7-11/h3-8,12H,1-2H3/b13-8-/t12-/m1/s1. The van der Waals surface area contributed by atoms with Crippen molar-refractivity contribution in [3.05, 3.63) is 42.1 Å². The summed E-state index contributed by atoms with van der Waals surface area (Å²) in [5, 5.41) is 5.60. The van der Waals surface area contributed by atoms with E-state index in [1.54, 1.807) is 26.0 Å². The van der Waals surface area contributed by atoms with Gasteiger partial charge in [-0.1, -0.05) is 18.2 Å².